The van der Waals surface area contributed by atoms with E-state index in [9.17, 15) is 19.2 Å². The minimum absolute atomic E-state index is 0.00995. The van der Waals surface area contributed by atoms with E-state index >= 15 is 0 Å². The summed E-state index contributed by atoms with van der Waals surface area (Å²) in [5, 5.41) is 8.44. The van der Waals surface area contributed by atoms with Crippen molar-refractivity contribution in [2.24, 2.45) is 0 Å². The number of rotatable bonds is 36. The van der Waals surface area contributed by atoms with Gasteiger partial charge in [-0.3, -0.25) is 14.4 Å². The molecule has 0 unspecified atom stereocenters. The fourth-order valence-electron chi connectivity index (χ4n) is 3.33. The Bertz CT molecular complexity index is 943. The van der Waals surface area contributed by atoms with E-state index in [1.807, 2.05) is 0 Å². The van der Waals surface area contributed by atoms with Crippen LogP contribution in [0.15, 0.2) is 24.3 Å². The van der Waals surface area contributed by atoms with E-state index in [-0.39, 0.29) is 26.1 Å². The number of carbonyl (C=O) groups is 4. The molecule has 274 valence electrons. The standard InChI is InChI=1S/C32H50O16/c33-27-28-1-3-29(4-2-28)47-25-23-45-21-19-43-17-15-41-13-11-39-9-7-38-8-10-40-12-14-42-16-18-44-20-22-46-24-26-48-31(35)6-5-30(34)32(36)37/h1-4,27H,5-26H2,(H,36,37). The van der Waals surface area contributed by atoms with Crippen molar-refractivity contribution in [3.05, 3.63) is 29.8 Å². The zero-order valence-corrected chi connectivity index (χ0v) is 27.5. The lowest BCUT2D eigenvalue weighted by molar-refractivity contribution is -0.151. The fourth-order valence-corrected chi connectivity index (χ4v) is 3.33. The van der Waals surface area contributed by atoms with Gasteiger partial charge in [0, 0.05) is 12.0 Å². The average Bonchev–Trinajstić information content (AvgIpc) is 3.09. The van der Waals surface area contributed by atoms with Gasteiger partial charge in [0.1, 0.15) is 25.2 Å². The molecular weight excluding hydrogens is 640 g/mol. The van der Waals surface area contributed by atoms with Crippen molar-refractivity contribution < 1.29 is 76.4 Å². The quantitative estimate of drug-likeness (QED) is 0.0454. The number of Topliss-reactive ketones (excluding diaryl/α,β-unsaturated/α-hetero) is 1. The molecule has 0 aliphatic rings. The molecular formula is C32H50O16. The van der Waals surface area contributed by atoms with Crippen LogP contribution in [0.2, 0.25) is 0 Å². The number of hydrogen-bond donors (Lipinski definition) is 1. The van der Waals surface area contributed by atoms with Crippen molar-refractivity contribution in [1.82, 2.24) is 0 Å². The van der Waals surface area contributed by atoms with Gasteiger partial charge in [-0.15, -0.1) is 0 Å². The largest absolute Gasteiger partial charge is 0.491 e. The Morgan fingerprint density at radius 1 is 0.479 bits per heavy atom. The molecule has 48 heavy (non-hydrogen) atoms. The third-order valence-electron chi connectivity index (χ3n) is 5.77. The summed E-state index contributed by atoms with van der Waals surface area (Å²) in [6, 6.07) is 6.89. The van der Waals surface area contributed by atoms with Crippen LogP contribution in [0, 0.1) is 0 Å². The lowest BCUT2D eigenvalue weighted by Crippen LogP contribution is -2.17. The Labute approximate surface area is 281 Å². The smallest absolute Gasteiger partial charge is 0.372 e. The van der Waals surface area contributed by atoms with Gasteiger partial charge in [0.05, 0.1) is 125 Å². The molecule has 0 aliphatic heterocycles. The van der Waals surface area contributed by atoms with Gasteiger partial charge in [0.2, 0.25) is 5.78 Å². The molecule has 16 nitrogen and oxygen atoms in total. The van der Waals surface area contributed by atoms with Crippen LogP contribution in [0.25, 0.3) is 0 Å². The third-order valence-corrected chi connectivity index (χ3v) is 5.77. The molecule has 0 radical (unpaired) electrons. The van der Waals surface area contributed by atoms with Crippen molar-refractivity contribution in [3.63, 3.8) is 0 Å². The van der Waals surface area contributed by atoms with Gasteiger partial charge in [-0.1, -0.05) is 0 Å². The van der Waals surface area contributed by atoms with Gasteiger partial charge in [-0.25, -0.2) is 4.79 Å². The van der Waals surface area contributed by atoms with E-state index < -0.39 is 17.7 Å². The molecule has 1 N–H and O–H groups in total. The summed E-state index contributed by atoms with van der Waals surface area (Å²) in [7, 11) is 0. The highest BCUT2D eigenvalue weighted by molar-refractivity contribution is 6.32. The molecule has 1 aromatic carbocycles. The molecule has 0 aromatic heterocycles. The molecule has 0 bridgehead atoms. The maximum atomic E-state index is 11.4. The van der Waals surface area contributed by atoms with Crippen molar-refractivity contribution in [3.8, 4) is 5.75 Å². The van der Waals surface area contributed by atoms with E-state index in [0.29, 0.717) is 130 Å². The highest BCUT2D eigenvalue weighted by Crippen LogP contribution is 2.10. The van der Waals surface area contributed by atoms with Gasteiger partial charge >= 0.3 is 11.9 Å². The molecule has 0 spiro atoms. The van der Waals surface area contributed by atoms with Gasteiger partial charge in [0.25, 0.3) is 0 Å². The number of carbonyl (C=O) groups excluding carboxylic acids is 3. The van der Waals surface area contributed by atoms with Crippen molar-refractivity contribution >= 4 is 24.0 Å². The molecule has 0 aliphatic carbocycles. The number of ketones is 1. The van der Waals surface area contributed by atoms with E-state index in [4.69, 9.17) is 57.2 Å². The first-order valence-corrected chi connectivity index (χ1v) is 15.8. The van der Waals surface area contributed by atoms with Gasteiger partial charge in [-0.2, -0.15) is 0 Å². The summed E-state index contributed by atoms with van der Waals surface area (Å²) in [5.41, 5.74) is 0.607. The Hall–Kier alpha value is -3.06. The minimum atomic E-state index is -1.57. The number of ether oxygens (including phenoxy) is 11. The number of carboxylic acid groups (broad SMARTS) is 1. The normalized spacial score (nSPS) is 11.0. The Morgan fingerprint density at radius 2 is 0.812 bits per heavy atom. The van der Waals surface area contributed by atoms with Crippen molar-refractivity contribution in [2.45, 2.75) is 12.8 Å². The molecule has 16 heteroatoms. The maximum absolute atomic E-state index is 11.4. The number of aldehydes is 1. The van der Waals surface area contributed by atoms with Crippen LogP contribution in [0.5, 0.6) is 5.75 Å². The summed E-state index contributed by atoms with van der Waals surface area (Å²) in [4.78, 5) is 43.3. The molecule has 1 rings (SSSR count). The molecule has 0 saturated carbocycles. The van der Waals surface area contributed by atoms with Crippen LogP contribution in [0.3, 0.4) is 0 Å². The number of esters is 1. The molecule has 0 atom stereocenters. The zero-order chi connectivity index (χ0) is 34.8. The highest BCUT2D eigenvalue weighted by atomic mass is 16.6. The van der Waals surface area contributed by atoms with Crippen LogP contribution in [0.4, 0.5) is 0 Å². The fraction of sp³-hybridized carbons (Fsp3) is 0.688. The van der Waals surface area contributed by atoms with Crippen LogP contribution in [-0.2, 0) is 61.8 Å². The lowest BCUT2D eigenvalue weighted by atomic mass is 10.2. The third kappa shape index (κ3) is 28.0. The molecule has 0 heterocycles. The number of carboxylic acids is 1. The maximum Gasteiger partial charge on any atom is 0.372 e. The Kier molecular flexibility index (Phi) is 29.1. The molecule has 0 saturated heterocycles. The number of hydrogen-bond acceptors (Lipinski definition) is 15. The Balaban J connectivity index is 1.67. The second-order valence-corrected chi connectivity index (χ2v) is 9.50. The molecule has 0 amide bonds. The summed E-state index contributed by atoms with van der Waals surface area (Å²) >= 11 is 0. The monoisotopic (exact) mass is 690 g/mol. The average molecular weight is 691 g/mol. The first-order valence-electron chi connectivity index (χ1n) is 15.8. The minimum Gasteiger partial charge on any atom is -0.491 e. The molecule has 1 aromatic rings. The topological polar surface area (TPSA) is 190 Å². The lowest BCUT2D eigenvalue weighted by Gasteiger charge is -2.09. The highest BCUT2D eigenvalue weighted by Gasteiger charge is 2.14. The zero-order valence-electron chi connectivity index (χ0n) is 27.5. The second kappa shape index (κ2) is 32.5. The first-order chi connectivity index (χ1) is 23.5. The summed E-state index contributed by atoms with van der Waals surface area (Å²) < 4.78 is 59.1. The van der Waals surface area contributed by atoms with Crippen molar-refractivity contribution in [2.75, 3.05) is 132 Å². The van der Waals surface area contributed by atoms with Crippen molar-refractivity contribution in [1.29, 1.82) is 0 Å². The SMILES string of the molecule is O=Cc1ccc(OCCOCCOCCOCCOCCOCCOCCOCCOCCOCCOC(=O)CCC(=O)C(=O)O)cc1. The van der Waals surface area contributed by atoms with E-state index in [1.165, 1.54) is 0 Å². The van der Waals surface area contributed by atoms with Crippen LogP contribution in [-0.4, -0.2) is 161 Å². The summed E-state index contributed by atoms with van der Waals surface area (Å²) in [6.45, 7) is 8.02. The first kappa shape index (κ1) is 43.0. The van der Waals surface area contributed by atoms with E-state index in [0.717, 1.165) is 6.29 Å². The van der Waals surface area contributed by atoms with Crippen LogP contribution in [0.1, 0.15) is 23.2 Å². The van der Waals surface area contributed by atoms with Gasteiger partial charge in [0.15, 0.2) is 0 Å². The second-order valence-electron chi connectivity index (χ2n) is 9.50. The van der Waals surface area contributed by atoms with Crippen LogP contribution >= 0.6 is 0 Å². The van der Waals surface area contributed by atoms with E-state index in [2.05, 4.69) is 0 Å². The predicted molar refractivity (Wildman–Crippen MR) is 168 cm³/mol. The van der Waals surface area contributed by atoms with E-state index in [1.54, 1.807) is 24.3 Å². The van der Waals surface area contributed by atoms with Gasteiger partial charge < -0.3 is 57.2 Å². The summed E-state index contributed by atoms with van der Waals surface area (Å²) in [5.74, 6) is -2.56. The predicted octanol–water partition coefficient (Wildman–Crippen LogP) is 1.00. The Morgan fingerprint density at radius 3 is 1.15 bits per heavy atom. The molecule has 0 fully saturated rings. The van der Waals surface area contributed by atoms with Crippen LogP contribution < -0.4 is 4.74 Å². The summed E-state index contributed by atoms with van der Waals surface area (Å²) in [6.07, 6.45) is 0.122. The number of benzene rings is 1. The number of aliphatic carboxylic acids is 1. The van der Waals surface area contributed by atoms with Gasteiger partial charge in [-0.05, 0) is 24.3 Å².